The van der Waals surface area contributed by atoms with Crippen molar-refractivity contribution >= 4 is 23.2 Å². The predicted octanol–water partition coefficient (Wildman–Crippen LogP) is 2.32. The van der Waals surface area contributed by atoms with Gasteiger partial charge in [-0.1, -0.05) is 11.6 Å². The van der Waals surface area contributed by atoms with Crippen molar-refractivity contribution in [1.82, 2.24) is 5.32 Å². The van der Waals surface area contributed by atoms with E-state index in [1.807, 2.05) is 4.90 Å². The summed E-state index contributed by atoms with van der Waals surface area (Å²) >= 11 is 6.02. The number of hydrogen-bond donors (Lipinski definition) is 1. The largest absolute Gasteiger partial charge is 0.358 e. The average Bonchev–Trinajstić information content (AvgIpc) is 2.46. The second kappa shape index (κ2) is 5.94. The Morgan fingerprint density at radius 1 is 1.53 bits per heavy atom. The molecule has 19 heavy (non-hydrogen) atoms. The van der Waals surface area contributed by atoms with Crippen LogP contribution in [0.3, 0.4) is 0 Å². The summed E-state index contributed by atoms with van der Waals surface area (Å²) in [7, 11) is 1.64. The zero-order chi connectivity index (χ0) is 13.8. The first-order valence-electron chi connectivity index (χ1n) is 6.35. The molecule has 1 aromatic carbocycles. The van der Waals surface area contributed by atoms with Crippen LogP contribution in [0.1, 0.15) is 24.8 Å². The summed E-state index contributed by atoms with van der Waals surface area (Å²) in [6.45, 7) is 0.771. The Hall–Kier alpha value is -1.73. The molecule has 0 aromatic heterocycles. The molecule has 0 saturated carbocycles. The molecular formula is C14H16ClN3O. The number of nitrogens with zero attached hydrogens (tertiary/aromatic N) is 2. The molecule has 1 heterocycles. The number of halogens is 1. The summed E-state index contributed by atoms with van der Waals surface area (Å²) in [4.78, 5) is 14.0. The Balaban J connectivity index is 2.40. The fraction of sp³-hybridized carbons (Fsp3) is 0.429. The second-order valence-corrected chi connectivity index (χ2v) is 5.03. The van der Waals surface area contributed by atoms with Crippen molar-refractivity contribution in [2.75, 3.05) is 18.5 Å². The smallest absolute Gasteiger partial charge is 0.242 e. The van der Waals surface area contributed by atoms with Crippen LogP contribution in [0.5, 0.6) is 0 Å². The van der Waals surface area contributed by atoms with E-state index in [1.165, 1.54) is 0 Å². The number of anilines is 1. The number of piperidine rings is 1. The lowest BCUT2D eigenvalue weighted by molar-refractivity contribution is -0.122. The van der Waals surface area contributed by atoms with Gasteiger partial charge in [-0.3, -0.25) is 4.79 Å². The Labute approximate surface area is 118 Å². The van der Waals surface area contributed by atoms with Crippen molar-refractivity contribution in [2.24, 2.45) is 0 Å². The fourth-order valence-corrected chi connectivity index (χ4v) is 2.66. The zero-order valence-electron chi connectivity index (χ0n) is 10.8. The third-order valence-electron chi connectivity index (χ3n) is 3.44. The van der Waals surface area contributed by atoms with Crippen LogP contribution in [0.4, 0.5) is 5.69 Å². The van der Waals surface area contributed by atoms with Gasteiger partial charge in [0.15, 0.2) is 0 Å². The fourth-order valence-electron chi connectivity index (χ4n) is 2.50. The maximum atomic E-state index is 12.0. The molecule has 1 aromatic rings. The molecule has 1 amide bonds. The van der Waals surface area contributed by atoms with E-state index in [0.29, 0.717) is 10.6 Å². The van der Waals surface area contributed by atoms with Gasteiger partial charge in [0.1, 0.15) is 12.1 Å². The van der Waals surface area contributed by atoms with Crippen LogP contribution in [0.25, 0.3) is 0 Å². The minimum Gasteiger partial charge on any atom is -0.358 e. The molecule has 1 saturated heterocycles. The van der Waals surface area contributed by atoms with Crippen molar-refractivity contribution in [2.45, 2.75) is 25.3 Å². The van der Waals surface area contributed by atoms with Crippen molar-refractivity contribution in [1.29, 1.82) is 5.26 Å². The summed E-state index contributed by atoms with van der Waals surface area (Å²) in [6, 6.07) is 7.11. The third kappa shape index (κ3) is 2.82. The highest BCUT2D eigenvalue weighted by Gasteiger charge is 2.29. The number of carbonyl (C=O) groups is 1. The first-order valence-corrected chi connectivity index (χ1v) is 6.73. The molecule has 1 fully saturated rings. The summed E-state index contributed by atoms with van der Waals surface area (Å²) in [5.41, 5.74) is 1.31. The molecule has 0 aliphatic carbocycles. The van der Waals surface area contributed by atoms with Crippen LogP contribution < -0.4 is 10.2 Å². The van der Waals surface area contributed by atoms with Gasteiger partial charge < -0.3 is 10.2 Å². The number of amides is 1. The second-order valence-electron chi connectivity index (χ2n) is 4.59. The van der Waals surface area contributed by atoms with Gasteiger partial charge in [0.25, 0.3) is 0 Å². The Morgan fingerprint density at radius 2 is 2.32 bits per heavy atom. The van der Waals surface area contributed by atoms with E-state index in [-0.39, 0.29) is 11.9 Å². The number of hydrogen-bond acceptors (Lipinski definition) is 3. The van der Waals surface area contributed by atoms with Crippen LogP contribution in [0, 0.1) is 11.3 Å². The lowest BCUT2D eigenvalue weighted by Crippen LogP contribution is -2.49. The molecule has 2 rings (SSSR count). The van der Waals surface area contributed by atoms with E-state index in [1.54, 1.807) is 25.2 Å². The molecule has 1 atom stereocenters. The molecule has 1 unspecified atom stereocenters. The minimum absolute atomic E-state index is 0.0106. The van der Waals surface area contributed by atoms with Gasteiger partial charge in [-0.15, -0.1) is 0 Å². The summed E-state index contributed by atoms with van der Waals surface area (Å²) in [5, 5.41) is 12.5. The van der Waals surface area contributed by atoms with Crippen molar-refractivity contribution < 1.29 is 4.79 Å². The number of carbonyl (C=O) groups excluding carboxylic acids is 1. The van der Waals surface area contributed by atoms with Crippen molar-refractivity contribution in [3.63, 3.8) is 0 Å². The summed E-state index contributed by atoms with van der Waals surface area (Å²) in [6.07, 6.45) is 2.85. The minimum atomic E-state index is -0.218. The van der Waals surface area contributed by atoms with E-state index in [0.717, 1.165) is 31.5 Å². The van der Waals surface area contributed by atoms with Gasteiger partial charge in [-0.25, -0.2) is 0 Å². The molecule has 100 valence electrons. The molecule has 5 heteroatoms. The van der Waals surface area contributed by atoms with Crippen LogP contribution in [-0.2, 0) is 4.79 Å². The van der Waals surface area contributed by atoms with Gasteiger partial charge in [0.05, 0.1) is 11.3 Å². The molecule has 1 aliphatic rings. The molecular weight excluding hydrogens is 262 g/mol. The summed E-state index contributed by atoms with van der Waals surface area (Å²) in [5.74, 6) is -0.0106. The van der Waals surface area contributed by atoms with E-state index >= 15 is 0 Å². The maximum Gasteiger partial charge on any atom is 0.242 e. The van der Waals surface area contributed by atoms with E-state index < -0.39 is 0 Å². The monoisotopic (exact) mass is 277 g/mol. The quantitative estimate of drug-likeness (QED) is 0.903. The SMILES string of the molecule is CNC(=O)C1CCCCN1c1cc(Cl)ccc1C#N. The van der Waals surface area contributed by atoms with E-state index in [4.69, 9.17) is 11.6 Å². The van der Waals surface area contributed by atoms with E-state index in [2.05, 4.69) is 11.4 Å². The molecule has 1 N–H and O–H groups in total. The Kier molecular flexibility index (Phi) is 4.28. The third-order valence-corrected chi connectivity index (χ3v) is 3.68. The number of nitriles is 1. The number of likely N-dealkylation sites (N-methyl/N-ethyl adjacent to an activating group) is 1. The molecule has 4 nitrogen and oxygen atoms in total. The first kappa shape index (κ1) is 13.7. The Morgan fingerprint density at radius 3 is 3.00 bits per heavy atom. The van der Waals surface area contributed by atoms with Crippen LogP contribution in [0.2, 0.25) is 5.02 Å². The average molecular weight is 278 g/mol. The van der Waals surface area contributed by atoms with Crippen molar-refractivity contribution in [3.8, 4) is 6.07 Å². The molecule has 0 radical (unpaired) electrons. The van der Waals surface area contributed by atoms with Gasteiger partial charge in [0.2, 0.25) is 5.91 Å². The van der Waals surface area contributed by atoms with Gasteiger partial charge in [0, 0.05) is 18.6 Å². The number of nitrogens with one attached hydrogen (secondary N) is 1. The number of benzene rings is 1. The van der Waals surface area contributed by atoms with Gasteiger partial charge in [-0.2, -0.15) is 5.26 Å². The standard InChI is InChI=1S/C14H16ClN3O/c1-17-14(19)12-4-2-3-7-18(12)13-8-11(15)6-5-10(13)9-16/h5-6,8,12H,2-4,7H2,1H3,(H,17,19). The number of rotatable bonds is 2. The predicted molar refractivity (Wildman–Crippen MR) is 75.2 cm³/mol. The van der Waals surface area contributed by atoms with Crippen molar-refractivity contribution in [3.05, 3.63) is 28.8 Å². The first-order chi connectivity index (χ1) is 9.17. The molecule has 0 spiro atoms. The van der Waals surface area contributed by atoms with Gasteiger partial charge in [-0.05, 0) is 37.5 Å². The van der Waals surface area contributed by atoms with Gasteiger partial charge >= 0.3 is 0 Å². The highest BCUT2D eigenvalue weighted by Crippen LogP contribution is 2.30. The molecule has 0 bridgehead atoms. The lowest BCUT2D eigenvalue weighted by Gasteiger charge is -2.36. The normalized spacial score (nSPS) is 18.8. The lowest BCUT2D eigenvalue weighted by atomic mass is 9.99. The zero-order valence-corrected chi connectivity index (χ0v) is 11.6. The topological polar surface area (TPSA) is 56.1 Å². The van der Waals surface area contributed by atoms with Crippen LogP contribution >= 0.6 is 11.6 Å². The highest BCUT2D eigenvalue weighted by molar-refractivity contribution is 6.30. The van der Waals surface area contributed by atoms with E-state index in [9.17, 15) is 10.1 Å². The molecule has 1 aliphatic heterocycles. The maximum absolute atomic E-state index is 12.0. The Bertz CT molecular complexity index is 524. The van der Waals surface area contributed by atoms with Crippen LogP contribution in [-0.4, -0.2) is 25.5 Å². The van der Waals surface area contributed by atoms with Crippen LogP contribution in [0.15, 0.2) is 18.2 Å². The highest BCUT2D eigenvalue weighted by atomic mass is 35.5. The summed E-state index contributed by atoms with van der Waals surface area (Å²) < 4.78 is 0.